The van der Waals surface area contributed by atoms with Crippen molar-refractivity contribution < 1.29 is 9.18 Å². The first kappa shape index (κ1) is 14.8. The van der Waals surface area contributed by atoms with Gasteiger partial charge in [-0.3, -0.25) is 4.79 Å². The lowest BCUT2D eigenvalue weighted by atomic mass is 10.2. The predicted molar refractivity (Wildman–Crippen MR) is 79.7 cm³/mol. The number of hydrogen-bond donors (Lipinski definition) is 2. The minimum absolute atomic E-state index is 0.0257. The van der Waals surface area contributed by atoms with Crippen molar-refractivity contribution in [3.8, 4) is 6.07 Å². The van der Waals surface area contributed by atoms with Crippen LogP contribution in [0.2, 0.25) is 5.02 Å². The van der Waals surface area contributed by atoms with E-state index in [2.05, 4.69) is 10.6 Å². The summed E-state index contributed by atoms with van der Waals surface area (Å²) in [6, 6.07) is 12.4. The van der Waals surface area contributed by atoms with E-state index in [1.807, 2.05) is 6.07 Å². The van der Waals surface area contributed by atoms with Gasteiger partial charge < -0.3 is 10.6 Å². The molecule has 0 aliphatic rings. The van der Waals surface area contributed by atoms with E-state index in [0.717, 1.165) is 6.07 Å². The number of anilines is 2. The molecule has 21 heavy (non-hydrogen) atoms. The summed E-state index contributed by atoms with van der Waals surface area (Å²) < 4.78 is 12.9. The number of halogens is 2. The molecule has 4 nitrogen and oxygen atoms in total. The molecule has 0 atom stereocenters. The number of benzene rings is 2. The molecular weight excluding hydrogens is 293 g/mol. The van der Waals surface area contributed by atoms with E-state index < -0.39 is 5.82 Å². The van der Waals surface area contributed by atoms with Crippen molar-refractivity contribution >= 4 is 28.9 Å². The highest BCUT2D eigenvalue weighted by atomic mass is 35.5. The maximum Gasteiger partial charge on any atom is 0.243 e. The van der Waals surface area contributed by atoms with Crippen molar-refractivity contribution in [1.82, 2.24) is 0 Å². The Bertz CT molecular complexity index is 712. The van der Waals surface area contributed by atoms with E-state index in [0.29, 0.717) is 16.9 Å². The van der Waals surface area contributed by atoms with Crippen molar-refractivity contribution in [2.75, 3.05) is 17.2 Å². The highest BCUT2D eigenvalue weighted by Gasteiger charge is 2.06. The van der Waals surface area contributed by atoms with E-state index in [-0.39, 0.29) is 17.5 Å². The highest BCUT2D eigenvalue weighted by molar-refractivity contribution is 6.33. The Morgan fingerprint density at radius 2 is 2.10 bits per heavy atom. The van der Waals surface area contributed by atoms with Crippen LogP contribution in [0.5, 0.6) is 0 Å². The van der Waals surface area contributed by atoms with Gasteiger partial charge in [-0.15, -0.1) is 0 Å². The fourth-order valence-electron chi connectivity index (χ4n) is 1.68. The number of nitrogens with zero attached hydrogens (tertiary/aromatic N) is 1. The minimum atomic E-state index is -0.441. The molecule has 0 saturated heterocycles. The van der Waals surface area contributed by atoms with Crippen molar-refractivity contribution in [3.05, 3.63) is 58.9 Å². The van der Waals surface area contributed by atoms with E-state index in [1.54, 1.807) is 24.3 Å². The smallest absolute Gasteiger partial charge is 0.243 e. The van der Waals surface area contributed by atoms with Gasteiger partial charge in [0.2, 0.25) is 5.91 Å². The van der Waals surface area contributed by atoms with E-state index >= 15 is 0 Å². The third-order valence-corrected chi connectivity index (χ3v) is 2.96. The number of nitrogens with one attached hydrogen (secondary N) is 2. The Kier molecular flexibility index (Phi) is 4.75. The second-order valence-electron chi connectivity index (χ2n) is 4.22. The molecule has 0 aromatic heterocycles. The Morgan fingerprint density at radius 3 is 2.81 bits per heavy atom. The van der Waals surface area contributed by atoms with E-state index in [4.69, 9.17) is 16.9 Å². The zero-order valence-corrected chi connectivity index (χ0v) is 11.6. The molecule has 0 aliphatic heterocycles. The minimum Gasteiger partial charge on any atom is -0.375 e. The predicted octanol–water partition coefficient (Wildman–Crippen LogP) is 3.40. The maximum atomic E-state index is 12.9. The van der Waals surface area contributed by atoms with Crippen molar-refractivity contribution in [2.45, 2.75) is 0 Å². The van der Waals surface area contributed by atoms with Gasteiger partial charge in [0.25, 0.3) is 0 Å². The topological polar surface area (TPSA) is 64.9 Å². The Morgan fingerprint density at radius 1 is 1.29 bits per heavy atom. The van der Waals surface area contributed by atoms with Gasteiger partial charge in [0.05, 0.1) is 28.9 Å². The van der Waals surface area contributed by atoms with Crippen LogP contribution in [0.1, 0.15) is 5.56 Å². The molecule has 0 heterocycles. The van der Waals surface area contributed by atoms with Crippen LogP contribution in [-0.4, -0.2) is 12.5 Å². The standard InChI is InChI=1S/C15H11ClFN3O/c16-13-7-11(17)4-5-14(13)19-9-15(21)20-12-3-1-2-10(6-12)8-18/h1-7,19H,9H2,(H,20,21). The average molecular weight is 304 g/mol. The molecule has 6 heteroatoms. The molecule has 0 bridgehead atoms. The quantitative estimate of drug-likeness (QED) is 0.910. The number of carbonyl (C=O) groups excluding carboxylic acids is 1. The number of hydrogen-bond acceptors (Lipinski definition) is 3. The SMILES string of the molecule is N#Cc1cccc(NC(=O)CNc2ccc(F)cc2Cl)c1. The number of rotatable bonds is 4. The van der Waals surface area contributed by atoms with Gasteiger partial charge in [-0.2, -0.15) is 5.26 Å². The second-order valence-corrected chi connectivity index (χ2v) is 4.63. The highest BCUT2D eigenvalue weighted by Crippen LogP contribution is 2.22. The van der Waals surface area contributed by atoms with Crippen molar-refractivity contribution in [1.29, 1.82) is 5.26 Å². The van der Waals surface area contributed by atoms with Gasteiger partial charge in [-0.25, -0.2) is 4.39 Å². The summed E-state index contributed by atoms with van der Waals surface area (Å²) >= 11 is 5.84. The van der Waals surface area contributed by atoms with Crippen LogP contribution in [0, 0.1) is 17.1 Å². The molecule has 0 radical (unpaired) electrons. The molecule has 2 N–H and O–H groups in total. The van der Waals surface area contributed by atoms with Gasteiger partial charge in [0.15, 0.2) is 0 Å². The van der Waals surface area contributed by atoms with Crippen LogP contribution < -0.4 is 10.6 Å². The average Bonchev–Trinajstić information content (AvgIpc) is 2.46. The van der Waals surface area contributed by atoms with Crippen molar-refractivity contribution in [2.24, 2.45) is 0 Å². The monoisotopic (exact) mass is 303 g/mol. The van der Waals surface area contributed by atoms with Crippen LogP contribution in [0.15, 0.2) is 42.5 Å². The number of nitriles is 1. The summed E-state index contributed by atoms with van der Waals surface area (Å²) in [6.07, 6.45) is 0. The molecule has 106 valence electrons. The first-order chi connectivity index (χ1) is 10.1. The summed E-state index contributed by atoms with van der Waals surface area (Å²) in [7, 11) is 0. The molecule has 1 amide bonds. The van der Waals surface area contributed by atoms with Gasteiger partial charge in [-0.05, 0) is 36.4 Å². The Labute approximate surface area is 126 Å². The first-order valence-electron chi connectivity index (χ1n) is 6.07. The molecule has 0 spiro atoms. The summed E-state index contributed by atoms with van der Waals surface area (Å²) in [6.45, 7) is -0.0257. The lowest BCUT2D eigenvalue weighted by molar-refractivity contribution is -0.114. The normalized spacial score (nSPS) is 9.76. The van der Waals surface area contributed by atoms with Gasteiger partial charge in [0.1, 0.15) is 5.82 Å². The zero-order valence-electron chi connectivity index (χ0n) is 10.9. The van der Waals surface area contributed by atoms with Gasteiger partial charge in [-0.1, -0.05) is 17.7 Å². The van der Waals surface area contributed by atoms with Crippen LogP contribution in [0.4, 0.5) is 15.8 Å². The third-order valence-electron chi connectivity index (χ3n) is 2.65. The first-order valence-corrected chi connectivity index (χ1v) is 6.45. The summed E-state index contributed by atoms with van der Waals surface area (Å²) in [5.41, 5.74) is 1.47. The third kappa shape index (κ3) is 4.20. The van der Waals surface area contributed by atoms with Gasteiger partial charge >= 0.3 is 0 Å². The van der Waals surface area contributed by atoms with Gasteiger partial charge in [0, 0.05) is 5.69 Å². The zero-order chi connectivity index (χ0) is 15.2. The number of carbonyl (C=O) groups is 1. The van der Waals surface area contributed by atoms with Crippen LogP contribution >= 0.6 is 11.6 Å². The molecule has 0 aliphatic carbocycles. The lowest BCUT2D eigenvalue weighted by Crippen LogP contribution is -2.21. The Balaban J connectivity index is 1.94. The molecule has 2 rings (SSSR count). The fraction of sp³-hybridized carbons (Fsp3) is 0.0667. The summed E-state index contributed by atoms with van der Waals surface area (Å²) in [4.78, 5) is 11.8. The number of amides is 1. The molecule has 2 aromatic rings. The largest absolute Gasteiger partial charge is 0.375 e. The molecule has 0 fully saturated rings. The van der Waals surface area contributed by atoms with E-state index in [9.17, 15) is 9.18 Å². The molecule has 0 unspecified atom stereocenters. The van der Waals surface area contributed by atoms with Crippen molar-refractivity contribution in [3.63, 3.8) is 0 Å². The summed E-state index contributed by atoms with van der Waals surface area (Å²) in [5.74, 6) is -0.742. The van der Waals surface area contributed by atoms with Crippen LogP contribution in [0.25, 0.3) is 0 Å². The second kappa shape index (κ2) is 6.73. The van der Waals surface area contributed by atoms with Crippen LogP contribution in [0.3, 0.4) is 0 Å². The summed E-state index contributed by atoms with van der Waals surface area (Å²) in [5, 5.41) is 14.4. The van der Waals surface area contributed by atoms with E-state index in [1.165, 1.54) is 12.1 Å². The Hall–Kier alpha value is -2.58. The maximum absolute atomic E-state index is 12.9. The molecule has 2 aromatic carbocycles. The van der Waals surface area contributed by atoms with Crippen LogP contribution in [-0.2, 0) is 4.79 Å². The molecular formula is C15H11ClFN3O. The molecule has 0 saturated carbocycles. The fourth-order valence-corrected chi connectivity index (χ4v) is 1.91. The lowest BCUT2D eigenvalue weighted by Gasteiger charge is -2.09.